The third-order valence-electron chi connectivity index (χ3n) is 5.47. The maximum atomic E-state index is 12.6. The number of nitrogens with zero attached hydrogens (tertiary/aromatic N) is 1. The molecule has 0 aliphatic heterocycles. The highest BCUT2D eigenvalue weighted by Gasteiger charge is 2.14. The molecule has 0 fully saturated rings. The first-order chi connectivity index (χ1) is 17.8. The summed E-state index contributed by atoms with van der Waals surface area (Å²) in [6.07, 6.45) is 2.44. The lowest BCUT2D eigenvalue weighted by Gasteiger charge is -2.11. The Morgan fingerprint density at radius 2 is 1.81 bits per heavy atom. The van der Waals surface area contributed by atoms with Gasteiger partial charge in [-0.25, -0.2) is 8.42 Å². The number of hydrogen-bond acceptors (Lipinski definition) is 6. The second-order valence-corrected chi connectivity index (χ2v) is 10.5. The molecule has 1 heterocycles. The van der Waals surface area contributed by atoms with Crippen LogP contribution in [0.25, 0.3) is 10.9 Å². The average Bonchev–Trinajstić information content (AvgIpc) is 2.87. The predicted molar refractivity (Wildman–Crippen MR) is 147 cm³/mol. The zero-order valence-corrected chi connectivity index (χ0v) is 21.8. The molecule has 3 aromatic carbocycles. The zero-order chi connectivity index (χ0) is 26.3. The lowest BCUT2D eigenvalue weighted by atomic mass is 10.2. The van der Waals surface area contributed by atoms with E-state index in [-0.39, 0.29) is 17.4 Å². The number of carbonyl (C=O) groups is 1. The minimum absolute atomic E-state index is 0.100. The zero-order valence-electron chi connectivity index (χ0n) is 20.2. The number of anilines is 2. The Bertz CT molecular complexity index is 1490. The van der Waals surface area contributed by atoms with E-state index in [0.29, 0.717) is 36.0 Å². The Balaban J connectivity index is 1.19. The van der Waals surface area contributed by atoms with Crippen molar-refractivity contribution in [1.29, 1.82) is 0 Å². The lowest BCUT2D eigenvalue weighted by Crippen LogP contribution is -2.30. The van der Waals surface area contributed by atoms with Crippen LogP contribution in [0.4, 0.5) is 11.4 Å². The van der Waals surface area contributed by atoms with Crippen LogP contribution in [0.15, 0.2) is 83.9 Å². The summed E-state index contributed by atoms with van der Waals surface area (Å²) in [6.45, 7) is 2.86. The van der Waals surface area contributed by atoms with E-state index in [9.17, 15) is 13.2 Å². The first-order valence-corrected chi connectivity index (χ1v) is 13.5. The highest BCUT2D eigenvalue weighted by atomic mass is 35.5. The van der Waals surface area contributed by atoms with Crippen molar-refractivity contribution in [1.82, 2.24) is 10.3 Å². The van der Waals surface area contributed by atoms with Crippen LogP contribution >= 0.6 is 11.6 Å². The molecule has 0 bridgehead atoms. The van der Waals surface area contributed by atoms with E-state index in [1.807, 2.05) is 37.3 Å². The fraction of sp³-hybridized carbons (Fsp3) is 0.185. The summed E-state index contributed by atoms with van der Waals surface area (Å²) in [7, 11) is -3.73. The molecular weight excluding hydrogens is 512 g/mol. The Labute approximate surface area is 221 Å². The number of pyridine rings is 1. The van der Waals surface area contributed by atoms with Crippen molar-refractivity contribution in [3.63, 3.8) is 0 Å². The average molecular weight is 539 g/mol. The molecule has 8 nitrogen and oxygen atoms in total. The molecular formula is C27H27ClN4O4S. The first-order valence-electron chi connectivity index (χ1n) is 11.7. The van der Waals surface area contributed by atoms with Crippen LogP contribution in [0.2, 0.25) is 5.02 Å². The van der Waals surface area contributed by atoms with Gasteiger partial charge in [0.15, 0.2) is 6.61 Å². The van der Waals surface area contributed by atoms with Gasteiger partial charge in [0.05, 0.1) is 10.4 Å². The topological polar surface area (TPSA) is 109 Å². The number of carbonyl (C=O) groups excluding carboxylic acids is 1. The van der Waals surface area contributed by atoms with E-state index in [4.69, 9.17) is 16.3 Å². The molecule has 3 N–H and O–H groups in total. The van der Waals surface area contributed by atoms with E-state index in [0.717, 1.165) is 22.2 Å². The second-order valence-electron chi connectivity index (χ2n) is 8.39. The molecule has 0 atom stereocenters. The molecule has 0 saturated carbocycles. The monoisotopic (exact) mass is 538 g/mol. The second kappa shape index (κ2) is 11.9. The van der Waals surface area contributed by atoms with Crippen LogP contribution in [-0.2, 0) is 14.8 Å². The maximum Gasteiger partial charge on any atom is 0.261 e. The summed E-state index contributed by atoms with van der Waals surface area (Å²) >= 11 is 6.03. The Hall–Kier alpha value is -3.82. The summed E-state index contributed by atoms with van der Waals surface area (Å²) in [5.41, 5.74) is 3.21. The van der Waals surface area contributed by atoms with Crippen molar-refractivity contribution in [2.75, 3.05) is 29.7 Å². The molecule has 0 radical (unpaired) electrons. The van der Waals surface area contributed by atoms with Crippen molar-refractivity contribution in [3.05, 3.63) is 89.6 Å². The SMILES string of the molecule is Cc1cccc(NS(=O)(=O)c2ccc(OCC(=O)NCCCNc3ccnc4cc(Cl)ccc34)cc2)c1. The van der Waals surface area contributed by atoms with Crippen LogP contribution in [0.3, 0.4) is 0 Å². The van der Waals surface area contributed by atoms with Crippen LogP contribution < -0.4 is 20.1 Å². The van der Waals surface area contributed by atoms with Gasteiger partial charge in [0.1, 0.15) is 5.75 Å². The van der Waals surface area contributed by atoms with Crippen LogP contribution in [0.1, 0.15) is 12.0 Å². The number of nitrogens with one attached hydrogen (secondary N) is 3. The molecule has 0 aliphatic rings. The molecule has 1 amide bonds. The quantitative estimate of drug-likeness (QED) is 0.232. The van der Waals surface area contributed by atoms with Gasteiger partial charge in [-0.3, -0.25) is 14.5 Å². The van der Waals surface area contributed by atoms with Gasteiger partial charge in [0.2, 0.25) is 0 Å². The van der Waals surface area contributed by atoms with Gasteiger partial charge < -0.3 is 15.4 Å². The molecule has 1 aromatic heterocycles. The number of sulfonamides is 1. The molecule has 37 heavy (non-hydrogen) atoms. The van der Waals surface area contributed by atoms with Gasteiger partial charge in [-0.2, -0.15) is 0 Å². The fourth-order valence-corrected chi connectivity index (χ4v) is 4.87. The van der Waals surface area contributed by atoms with E-state index >= 15 is 0 Å². The molecule has 0 unspecified atom stereocenters. The molecule has 0 spiro atoms. The Morgan fingerprint density at radius 1 is 1.00 bits per heavy atom. The van der Waals surface area contributed by atoms with Gasteiger partial charge in [-0.05, 0) is 79.6 Å². The number of amides is 1. The number of ether oxygens (including phenoxy) is 1. The normalized spacial score (nSPS) is 11.2. The summed E-state index contributed by atoms with van der Waals surface area (Å²) in [5.74, 6) is 0.137. The van der Waals surface area contributed by atoms with Gasteiger partial charge in [0, 0.05) is 41.1 Å². The summed E-state index contributed by atoms with van der Waals surface area (Å²) in [4.78, 5) is 16.6. The fourth-order valence-electron chi connectivity index (χ4n) is 3.65. The number of halogens is 1. The van der Waals surface area contributed by atoms with Crippen molar-refractivity contribution in [2.45, 2.75) is 18.2 Å². The summed E-state index contributed by atoms with van der Waals surface area (Å²) in [6, 6.07) is 20.5. The van der Waals surface area contributed by atoms with Gasteiger partial charge >= 0.3 is 0 Å². The van der Waals surface area contributed by atoms with E-state index in [2.05, 4.69) is 20.3 Å². The number of hydrogen-bond donors (Lipinski definition) is 3. The van der Waals surface area contributed by atoms with E-state index in [1.165, 1.54) is 24.3 Å². The summed E-state index contributed by atoms with van der Waals surface area (Å²) < 4.78 is 33.2. The minimum Gasteiger partial charge on any atom is -0.484 e. The van der Waals surface area contributed by atoms with Crippen LogP contribution in [-0.4, -0.2) is 39.0 Å². The Kier molecular flexibility index (Phi) is 8.47. The maximum absolute atomic E-state index is 12.6. The van der Waals surface area contributed by atoms with Gasteiger partial charge in [0.25, 0.3) is 15.9 Å². The Morgan fingerprint density at radius 3 is 2.59 bits per heavy atom. The summed E-state index contributed by atoms with van der Waals surface area (Å²) in [5, 5.41) is 7.78. The molecule has 4 aromatic rings. The highest BCUT2D eigenvalue weighted by Crippen LogP contribution is 2.24. The molecule has 4 rings (SSSR count). The first kappa shape index (κ1) is 26.2. The van der Waals surface area contributed by atoms with E-state index < -0.39 is 10.0 Å². The van der Waals surface area contributed by atoms with Crippen molar-refractivity contribution < 1.29 is 17.9 Å². The number of aryl methyl sites for hydroxylation is 1. The third-order valence-corrected chi connectivity index (χ3v) is 7.10. The number of fused-ring (bicyclic) bond motifs is 1. The minimum atomic E-state index is -3.73. The number of benzene rings is 3. The molecule has 0 saturated heterocycles. The molecule has 0 aliphatic carbocycles. The number of rotatable bonds is 11. The van der Waals surface area contributed by atoms with Gasteiger partial charge in [-0.15, -0.1) is 0 Å². The van der Waals surface area contributed by atoms with Crippen LogP contribution in [0.5, 0.6) is 5.75 Å². The molecule has 10 heteroatoms. The predicted octanol–water partition coefficient (Wildman–Crippen LogP) is 4.99. The van der Waals surface area contributed by atoms with Crippen LogP contribution in [0, 0.1) is 6.92 Å². The van der Waals surface area contributed by atoms with E-state index in [1.54, 1.807) is 24.4 Å². The third kappa shape index (κ3) is 7.34. The number of aromatic nitrogens is 1. The largest absolute Gasteiger partial charge is 0.484 e. The molecule has 192 valence electrons. The highest BCUT2D eigenvalue weighted by molar-refractivity contribution is 7.92. The van der Waals surface area contributed by atoms with Crippen molar-refractivity contribution >= 4 is 49.8 Å². The smallest absolute Gasteiger partial charge is 0.261 e. The van der Waals surface area contributed by atoms with Crippen molar-refractivity contribution in [3.8, 4) is 5.75 Å². The van der Waals surface area contributed by atoms with Gasteiger partial charge in [-0.1, -0.05) is 23.7 Å². The van der Waals surface area contributed by atoms with Crippen molar-refractivity contribution in [2.24, 2.45) is 0 Å². The lowest BCUT2D eigenvalue weighted by molar-refractivity contribution is -0.123. The standard InChI is InChI=1S/C27H27ClN4O4S/c1-19-4-2-5-21(16-19)32-37(34,35)23-9-7-22(8-10-23)36-18-27(33)31-14-3-13-29-25-12-15-30-26-17-20(28)6-11-24(25)26/h2,4-12,15-17,32H,3,13-14,18H2,1H3,(H,29,30)(H,31,33).